The summed E-state index contributed by atoms with van der Waals surface area (Å²) in [5.41, 5.74) is 6.95. The summed E-state index contributed by atoms with van der Waals surface area (Å²) in [6.07, 6.45) is 0. The van der Waals surface area contributed by atoms with Crippen LogP contribution in [-0.4, -0.2) is 0 Å². The van der Waals surface area contributed by atoms with E-state index in [2.05, 4.69) is 0 Å². The minimum atomic E-state index is -0.662. The molecular weight excluding hydrogens is 279 g/mol. The third-order valence-electron chi connectivity index (χ3n) is 2.56. The molecular formula is C13H9Cl2F2N. The van der Waals surface area contributed by atoms with E-state index in [9.17, 15) is 8.78 Å². The van der Waals surface area contributed by atoms with Gasteiger partial charge in [-0.05, 0) is 23.8 Å². The number of hydrogen-bond donors (Lipinski definition) is 1. The SMILES string of the molecule is NCc1c(Cl)ccc(-c2cc(F)cc(F)c2)c1Cl. The lowest BCUT2D eigenvalue weighted by molar-refractivity contribution is 0.584. The van der Waals surface area contributed by atoms with Crippen molar-refractivity contribution in [2.75, 3.05) is 0 Å². The maximum Gasteiger partial charge on any atom is 0.126 e. The van der Waals surface area contributed by atoms with Crippen LogP contribution in [-0.2, 0) is 6.54 Å². The van der Waals surface area contributed by atoms with Gasteiger partial charge in [-0.25, -0.2) is 8.78 Å². The number of rotatable bonds is 2. The van der Waals surface area contributed by atoms with Gasteiger partial charge in [-0.2, -0.15) is 0 Å². The third-order valence-corrected chi connectivity index (χ3v) is 3.35. The molecule has 0 saturated heterocycles. The monoisotopic (exact) mass is 287 g/mol. The summed E-state index contributed by atoms with van der Waals surface area (Å²) < 4.78 is 26.3. The molecule has 0 spiro atoms. The first-order valence-electron chi connectivity index (χ1n) is 5.16. The zero-order valence-corrected chi connectivity index (χ0v) is 10.7. The fourth-order valence-electron chi connectivity index (χ4n) is 1.72. The summed E-state index contributed by atoms with van der Waals surface area (Å²) in [6.45, 7) is 0.156. The van der Waals surface area contributed by atoms with Crippen LogP contribution in [0.4, 0.5) is 8.78 Å². The highest BCUT2D eigenvalue weighted by Crippen LogP contribution is 2.35. The molecule has 5 heteroatoms. The molecule has 0 heterocycles. The Labute approximate surface area is 113 Å². The second kappa shape index (κ2) is 5.22. The zero-order valence-electron chi connectivity index (χ0n) is 9.18. The van der Waals surface area contributed by atoms with Gasteiger partial charge in [0, 0.05) is 28.8 Å². The van der Waals surface area contributed by atoms with Crippen LogP contribution in [0.3, 0.4) is 0 Å². The number of nitrogens with two attached hydrogens (primary N) is 1. The van der Waals surface area contributed by atoms with E-state index in [0.717, 1.165) is 6.07 Å². The van der Waals surface area contributed by atoms with Crippen molar-refractivity contribution in [3.63, 3.8) is 0 Å². The molecule has 0 fully saturated rings. The first-order valence-corrected chi connectivity index (χ1v) is 5.92. The minimum absolute atomic E-state index is 0.156. The van der Waals surface area contributed by atoms with Gasteiger partial charge < -0.3 is 5.73 Å². The van der Waals surface area contributed by atoms with Crippen LogP contribution in [0, 0.1) is 11.6 Å². The van der Waals surface area contributed by atoms with E-state index >= 15 is 0 Å². The Morgan fingerprint density at radius 1 is 1.00 bits per heavy atom. The molecule has 0 aliphatic rings. The van der Waals surface area contributed by atoms with Gasteiger partial charge in [0.15, 0.2) is 0 Å². The van der Waals surface area contributed by atoms with Crippen molar-refractivity contribution in [2.24, 2.45) is 5.73 Å². The molecule has 0 aliphatic carbocycles. The molecule has 0 amide bonds. The minimum Gasteiger partial charge on any atom is -0.326 e. The van der Waals surface area contributed by atoms with E-state index in [1.807, 2.05) is 0 Å². The maximum absolute atomic E-state index is 13.2. The first-order chi connectivity index (χ1) is 8.52. The Morgan fingerprint density at radius 2 is 1.61 bits per heavy atom. The Kier molecular flexibility index (Phi) is 3.85. The third kappa shape index (κ3) is 2.48. The molecule has 0 atom stereocenters. The van der Waals surface area contributed by atoms with Crippen molar-refractivity contribution in [1.29, 1.82) is 0 Å². The van der Waals surface area contributed by atoms with Gasteiger partial charge in [0.05, 0.1) is 5.02 Å². The second-order valence-corrected chi connectivity index (χ2v) is 4.53. The van der Waals surface area contributed by atoms with Crippen LogP contribution >= 0.6 is 23.2 Å². The van der Waals surface area contributed by atoms with Crippen LogP contribution in [0.25, 0.3) is 11.1 Å². The van der Waals surface area contributed by atoms with Crippen LogP contribution in [0.1, 0.15) is 5.56 Å². The topological polar surface area (TPSA) is 26.0 Å². The van der Waals surface area contributed by atoms with Crippen molar-refractivity contribution in [3.05, 3.63) is 57.6 Å². The predicted molar refractivity (Wildman–Crippen MR) is 69.7 cm³/mol. The van der Waals surface area contributed by atoms with Crippen molar-refractivity contribution >= 4 is 23.2 Å². The number of benzene rings is 2. The average Bonchev–Trinajstić information content (AvgIpc) is 2.28. The highest BCUT2D eigenvalue weighted by Gasteiger charge is 2.12. The van der Waals surface area contributed by atoms with Crippen LogP contribution in [0.5, 0.6) is 0 Å². The summed E-state index contributed by atoms with van der Waals surface area (Å²) in [6, 6.07) is 6.43. The summed E-state index contributed by atoms with van der Waals surface area (Å²) in [7, 11) is 0. The molecule has 2 N–H and O–H groups in total. The van der Waals surface area contributed by atoms with Gasteiger partial charge in [-0.3, -0.25) is 0 Å². The fourth-order valence-corrected chi connectivity index (χ4v) is 2.35. The van der Waals surface area contributed by atoms with Gasteiger partial charge in [-0.15, -0.1) is 0 Å². The molecule has 0 unspecified atom stereocenters. The smallest absolute Gasteiger partial charge is 0.126 e. The van der Waals surface area contributed by atoms with Crippen molar-refractivity contribution in [1.82, 2.24) is 0 Å². The van der Waals surface area contributed by atoms with Gasteiger partial charge in [-0.1, -0.05) is 29.3 Å². The number of hydrogen-bond acceptors (Lipinski definition) is 1. The molecule has 2 aromatic rings. The van der Waals surface area contributed by atoms with E-state index in [0.29, 0.717) is 26.7 Å². The van der Waals surface area contributed by atoms with Gasteiger partial charge in [0.1, 0.15) is 11.6 Å². The van der Waals surface area contributed by atoms with Crippen LogP contribution in [0.2, 0.25) is 10.0 Å². The molecule has 0 aliphatic heterocycles. The highest BCUT2D eigenvalue weighted by molar-refractivity contribution is 6.37. The predicted octanol–water partition coefficient (Wildman–Crippen LogP) is 4.40. The molecule has 1 nitrogen and oxygen atoms in total. The van der Waals surface area contributed by atoms with Crippen molar-refractivity contribution < 1.29 is 8.78 Å². The summed E-state index contributed by atoms with van der Waals surface area (Å²) >= 11 is 12.1. The number of halogens is 4. The molecule has 18 heavy (non-hydrogen) atoms. The fraction of sp³-hybridized carbons (Fsp3) is 0.0769. The molecule has 0 aromatic heterocycles. The Hall–Kier alpha value is -1.16. The summed E-state index contributed by atoms with van der Waals surface area (Å²) in [4.78, 5) is 0. The normalized spacial score (nSPS) is 10.7. The Bertz CT molecular complexity index is 580. The maximum atomic E-state index is 13.2. The Balaban J connectivity index is 2.64. The first kappa shape index (κ1) is 13.3. The van der Waals surface area contributed by atoms with Crippen molar-refractivity contribution in [2.45, 2.75) is 6.54 Å². The van der Waals surface area contributed by atoms with Gasteiger partial charge in [0.25, 0.3) is 0 Å². The molecule has 0 bridgehead atoms. The van der Waals surface area contributed by atoms with Gasteiger partial charge in [0.2, 0.25) is 0 Å². The summed E-state index contributed by atoms with van der Waals surface area (Å²) in [5, 5.41) is 0.748. The van der Waals surface area contributed by atoms with Crippen molar-refractivity contribution in [3.8, 4) is 11.1 Å². The standard InChI is InChI=1S/C13H9Cl2F2N/c14-12-2-1-10(13(15)11(12)6-18)7-3-8(16)5-9(17)4-7/h1-5H,6,18H2. The Morgan fingerprint density at radius 3 is 2.17 bits per heavy atom. The lowest BCUT2D eigenvalue weighted by atomic mass is 10.0. The second-order valence-electron chi connectivity index (χ2n) is 3.75. The quantitative estimate of drug-likeness (QED) is 0.871. The lowest BCUT2D eigenvalue weighted by Gasteiger charge is -2.10. The highest BCUT2D eigenvalue weighted by atomic mass is 35.5. The lowest BCUT2D eigenvalue weighted by Crippen LogP contribution is -1.99. The van der Waals surface area contributed by atoms with E-state index in [1.54, 1.807) is 12.1 Å². The zero-order chi connectivity index (χ0) is 13.3. The van der Waals surface area contributed by atoms with E-state index in [-0.39, 0.29) is 6.54 Å². The molecule has 2 aromatic carbocycles. The molecule has 94 valence electrons. The van der Waals surface area contributed by atoms with Gasteiger partial charge >= 0.3 is 0 Å². The van der Waals surface area contributed by atoms with E-state index < -0.39 is 11.6 Å². The molecule has 2 rings (SSSR count). The molecule has 0 saturated carbocycles. The van der Waals surface area contributed by atoms with Crippen LogP contribution < -0.4 is 5.73 Å². The molecule has 0 radical (unpaired) electrons. The average molecular weight is 288 g/mol. The largest absolute Gasteiger partial charge is 0.326 e. The van der Waals surface area contributed by atoms with E-state index in [4.69, 9.17) is 28.9 Å². The summed E-state index contributed by atoms with van der Waals surface area (Å²) in [5.74, 6) is -1.32. The van der Waals surface area contributed by atoms with Crippen LogP contribution in [0.15, 0.2) is 30.3 Å². The van der Waals surface area contributed by atoms with E-state index in [1.165, 1.54) is 12.1 Å².